The standard InChI is InChI=1S/C15H32N2O/c1-7-15(8-2,10-16-6)12-17-9-13(3)18-14(4,5)11-17/h13,16H,7-12H2,1-6H3. The highest BCUT2D eigenvalue weighted by Crippen LogP contribution is 2.30. The number of nitrogens with zero attached hydrogens (tertiary/aromatic N) is 1. The Hall–Kier alpha value is -0.120. The topological polar surface area (TPSA) is 24.5 Å². The van der Waals surface area contributed by atoms with Crippen LogP contribution in [0.1, 0.15) is 47.5 Å². The molecule has 0 bridgehead atoms. The Morgan fingerprint density at radius 2 is 1.94 bits per heavy atom. The zero-order chi connectivity index (χ0) is 13.8. The summed E-state index contributed by atoms with van der Waals surface area (Å²) in [7, 11) is 2.06. The maximum absolute atomic E-state index is 5.99. The van der Waals surface area contributed by atoms with E-state index < -0.39 is 0 Å². The zero-order valence-electron chi connectivity index (χ0n) is 13.2. The van der Waals surface area contributed by atoms with Gasteiger partial charge < -0.3 is 10.1 Å². The second kappa shape index (κ2) is 6.36. The molecule has 0 spiro atoms. The number of morpholine rings is 1. The lowest BCUT2D eigenvalue weighted by molar-refractivity contribution is -0.135. The van der Waals surface area contributed by atoms with E-state index in [9.17, 15) is 0 Å². The molecular formula is C15H32N2O. The van der Waals surface area contributed by atoms with Crippen molar-refractivity contribution < 1.29 is 4.74 Å². The first-order chi connectivity index (χ1) is 8.36. The van der Waals surface area contributed by atoms with E-state index in [1.54, 1.807) is 0 Å². The first kappa shape index (κ1) is 15.9. The van der Waals surface area contributed by atoms with E-state index in [1.165, 1.54) is 19.4 Å². The highest BCUT2D eigenvalue weighted by Gasteiger charge is 2.35. The van der Waals surface area contributed by atoms with Gasteiger partial charge in [-0.1, -0.05) is 13.8 Å². The number of nitrogens with one attached hydrogen (secondary N) is 1. The molecule has 0 radical (unpaired) electrons. The Balaban J connectivity index is 2.68. The molecule has 108 valence electrons. The third kappa shape index (κ3) is 4.22. The van der Waals surface area contributed by atoms with E-state index in [-0.39, 0.29) is 5.60 Å². The third-order valence-electron chi connectivity index (χ3n) is 4.25. The van der Waals surface area contributed by atoms with Crippen molar-refractivity contribution in [2.45, 2.75) is 59.2 Å². The number of ether oxygens (including phenoxy) is 1. The van der Waals surface area contributed by atoms with Gasteiger partial charge in [0.15, 0.2) is 0 Å². The Morgan fingerprint density at radius 3 is 2.39 bits per heavy atom. The van der Waals surface area contributed by atoms with Crippen molar-refractivity contribution in [1.82, 2.24) is 10.2 Å². The number of rotatable bonds is 6. The molecule has 0 amide bonds. The predicted molar refractivity (Wildman–Crippen MR) is 78.0 cm³/mol. The Labute approximate surface area is 113 Å². The van der Waals surface area contributed by atoms with E-state index in [0.29, 0.717) is 11.5 Å². The molecule has 1 heterocycles. The van der Waals surface area contributed by atoms with E-state index in [2.05, 4.69) is 51.9 Å². The molecule has 18 heavy (non-hydrogen) atoms. The molecule has 1 N–H and O–H groups in total. The van der Waals surface area contributed by atoms with Crippen molar-refractivity contribution in [2.75, 3.05) is 33.2 Å². The Kier molecular flexibility index (Phi) is 5.63. The van der Waals surface area contributed by atoms with Gasteiger partial charge in [0.05, 0.1) is 11.7 Å². The van der Waals surface area contributed by atoms with E-state index in [0.717, 1.165) is 19.6 Å². The van der Waals surface area contributed by atoms with Crippen LogP contribution < -0.4 is 5.32 Å². The van der Waals surface area contributed by atoms with Gasteiger partial charge in [-0.15, -0.1) is 0 Å². The maximum Gasteiger partial charge on any atom is 0.0757 e. The summed E-state index contributed by atoms with van der Waals surface area (Å²) >= 11 is 0. The molecule has 1 saturated heterocycles. The van der Waals surface area contributed by atoms with Crippen molar-refractivity contribution in [3.8, 4) is 0 Å². The fourth-order valence-corrected chi connectivity index (χ4v) is 3.34. The van der Waals surface area contributed by atoms with Crippen LogP contribution in [-0.4, -0.2) is 49.8 Å². The molecule has 1 unspecified atom stereocenters. The van der Waals surface area contributed by atoms with Crippen LogP contribution in [0.15, 0.2) is 0 Å². The summed E-state index contributed by atoms with van der Waals surface area (Å²) in [5.74, 6) is 0. The van der Waals surface area contributed by atoms with Gasteiger partial charge in [-0.3, -0.25) is 4.90 Å². The molecular weight excluding hydrogens is 224 g/mol. The van der Waals surface area contributed by atoms with Crippen molar-refractivity contribution in [3.63, 3.8) is 0 Å². The van der Waals surface area contributed by atoms with Gasteiger partial charge in [-0.05, 0) is 46.1 Å². The molecule has 0 aromatic carbocycles. The molecule has 1 aliphatic rings. The van der Waals surface area contributed by atoms with Crippen LogP contribution in [0.5, 0.6) is 0 Å². The maximum atomic E-state index is 5.99. The lowest BCUT2D eigenvalue weighted by atomic mass is 9.81. The average molecular weight is 256 g/mol. The van der Waals surface area contributed by atoms with Crippen LogP contribution in [0.2, 0.25) is 0 Å². The Morgan fingerprint density at radius 1 is 1.33 bits per heavy atom. The van der Waals surface area contributed by atoms with Crippen LogP contribution in [0.25, 0.3) is 0 Å². The van der Waals surface area contributed by atoms with Crippen LogP contribution >= 0.6 is 0 Å². The van der Waals surface area contributed by atoms with Gasteiger partial charge >= 0.3 is 0 Å². The largest absolute Gasteiger partial charge is 0.370 e. The first-order valence-electron chi connectivity index (χ1n) is 7.41. The fourth-order valence-electron chi connectivity index (χ4n) is 3.34. The zero-order valence-corrected chi connectivity index (χ0v) is 13.2. The molecule has 1 aliphatic heterocycles. The minimum Gasteiger partial charge on any atom is -0.370 e. The Bertz CT molecular complexity index is 249. The minimum atomic E-state index is -0.00939. The lowest BCUT2D eigenvalue weighted by Crippen LogP contribution is -2.55. The van der Waals surface area contributed by atoms with Gasteiger partial charge in [-0.2, -0.15) is 0 Å². The number of hydrogen-bond acceptors (Lipinski definition) is 3. The second-order valence-corrected chi connectivity index (χ2v) is 6.60. The summed E-state index contributed by atoms with van der Waals surface area (Å²) in [6.45, 7) is 15.6. The van der Waals surface area contributed by atoms with Gasteiger partial charge in [0.1, 0.15) is 0 Å². The lowest BCUT2D eigenvalue weighted by Gasteiger charge is -2.46. The number of hydrogen-bond donors (Lipinski definition) is 1. The van der Waals surface area contributed by atoms with Crippen LogP contribution in [0.4, 0.5) is 0 Å². The third-order valence-corrected chi connectivity index (χ3v) is 4.25. The molecule has 0 aromatic heterocycles. The van der Waals surface area contributed by atoms with Crippen LogP contribution in [-0.2, 0) is 4.74 Å². The van der Waals surface area contributed by atoms with Crippen molar-refractivity contribution in [2.24, 2.45) is 5.41 Å². The summed E-state index contributed by atoms with van der Waals surface area (Å²) in [4.78, 5) is 2.60. The molecule has 0 aliphatic carbocycles. The molecule has 1 rings (SSSR count). The molecule has 3 heteroatoms. The smallest absolute Gasteiger partial charge is 0.0757 e. The highest BCUT2D eigenvalue weighted by molar-refractivity contribution is 4.88. The molecule has 3 nitrogen and oxygen atoms in total. The van der Waals surface area contributed by atoms with Crippen LogP contribution in [0, 0.1) is 5.41 Å². The molecule has 0 saturated carbocycles. The SMILES string of the molecule is CCC(CC)(CNC)CN1CC(C)OC(C)(C)C1. The normalized spacial score (nSPS) is 25.3. The van der Waals surface area contributed by atoms with Crippen LogP contribution in [0.3, 0.4) is 0 Å². The van der Waals surface area contributed by atoms with E-state index in [4.69, 9.17) is 4.74 Å². The fraction of sp³-hybridized carbons (Fsp3) is 1.00. The minimum absolute atomic E-state index is 0.00939. The van der Waals surface area contributed by atoms with E-state index >= 15 is 0 Å². The summed E-state index contributed by atoms with van der Waals surface area (Å²) in [5.41, 5.74) is 0.395. The van der Waals surface area contributed by atoms with Gasteiger partial charge in [0.25, 0.3) is 0 Å². The van der Waals surface area contributed by atoms with Crippen molar-refractivity contribution >= 4 is 0 Å². The van der Waals surface area contributed by atoms with Crippen molar-refractivity contribution in [3.05, 3.63) is 0 Å². The predicted octanol–water partition coefficient (Wildman–Crippen LogP) is 2.51. The molecule has 0 aromatic rings. The second-order valence-electron chi connectivity index (χ2n) is 6.60. The van der Waals surface area contributed by atoms with E-state index in [1.807, 2.05) is 0 Å². The summed E-state index contributed by atoms with van der Waals surface area (Å²) < 4.78 is 5.99. The van der Waals surface area contributed by atoms with Gasteiger partial charge in [0, 0.05) is 26.2 Å². The van der Waals surface area contributed by atoms with Gasteiger partial charge in [0.2, 0.25) is 0 Å². The summed E-state index contributed by atoms with van der Waals surface area (Å²) in [6, 6.07) is 0. The molecule has 1 atom stereocenters. The average Bonchev–Trinajstić information content (AvgIpc) is 2.25. The highest BCUT2D eigenvalue weighted by atomic mass is 16.5. The van der Waals surface area contributed by atoms with Crippen molar-refractivity contribution in [1.29, 1.82) is 0 Å². The summed E-state index contributed by atoms with van der Waals surface area (Å²) in [6.07, 6.45) is 2.81. The molecule has 1 fully saturated rings. The summed E-state index contributed by atoms with van der Waals surface area (Å²) in [5, 5.41) is 3.37. The first-order valence-corrected chi connectivity index (χ1v) is 7.41. The monoisotopic (exact) mass is 256 g/mol. The quantitative estimate of drug-likeness (QED) is 0.790. The van der Waals surface area contributed by atoms with Gasteiger partial charge in [-0.25, -0.2) is 0 Å².